The van der Waals surface area contributed by atoms with Gasteiger partial charge in [-0.2, -0.15) is 0 Å². The SMILES string of the molecule is O=C(Cn1[nH]c(=O)c2ccccc2c1=O)Nc1cccc(NC(=O)c2cccs2)c1. The Morgan fingerprint density at radius 2 is 1.63 bits per heavy atom. The van der Waals surface area contributed by atoms with Crippen LogP contribution in [0.5, 0.6) is 0 Å². The van der Waals surface area contributed by atoms with E-state index in [1.54, 1.807) is 60.7 Å². The van der Waals surface area contributed by atoms with Crippen LogP contribution in [0.25, 0.3) is 10.8 Å². The molecule has 0 spiro atoms. The number of rotatable bonds is 5. The number of carbonyl (C=O) groups excluding carboxylic acids is 2. The zero-order valence-electron chi connectivity index (χ0n) is 15.5. The fraction of sp³-hybridized carbons (Fsp3) is 0.0476. The molecule has 4 rings (SSSR count). The highest BCUT2D eigenvalue weighted by molar-refractivity contribution is 7.12. The number of benzene rings is 2. The number of nitrogens with zero attached hydrogens (tertiary/aromatic N) is 1. The number of nitrogens with one attached hydrogen (secondary N) is 3. The number of aromatic nitrogens is 2. The van der Waals surface area contributed by atoms with E-state index in [0.717, 1.165) is 4.68 Å². The lowest BCUT2D eigenvalue weighted by molar-refractivity contribution is -0.117. The first-order valence-electron chi connectivity index (χ1n) is 8.98. The van der Waals surface area contributed by atoms with Crippen LogP contribution < -0.4 is 21.8 Å². The van der Waals surface area contributed by atoms with Crippen LogP contribution in [-0.4, -0.2) is 21.6 Å². The number of fused-ring (bicyclic) bond motifs is 1. The zero-order valence-corrected chi connectivity index (χ0v) is 16.4. The molecule has 2 amide bonds. The van der Waals surface area contributed by atoms with Crippen molar-refractivity contribution in [2.45, 2.75) is 6.54 Å². The molecule has 2 aromatic carbocycles. The highest BCUT2D eigenvalue weighted by Gasteiger charge is 2.11. The maximum absolute atomic E-state index is 12.5. The molecule has 0 atom stereocenters. The van der Waals surface area contributed by atoms with E-state index in [1.165, 1.54) is 11.3 Å². The average molecular weight is 420 g/mol. The third kappa shape index (κ3) is 4.06. The van der Waals surface area contributed by atoms with Crippen LogP contribution in [0.4, 0.5) is 11.4 Å². The Hall–Kier alpha value is -3.98. The molecule has 9 heteroatoms. The van der Waals surface area contributed by atoms with Gasteiger partial charge in [0, 0.05) is 11.4 Å². The van der Waals surface area contributed by atoms with Crippen molar-refractivity contribution < 1.29 is 9.59 Å². The quantitative estimate of drug-likeness (QED) is 0.461. The van der Waals surface area contributed by atoms with Crippen molar-refractivity contribution >= 4 is 45.3 Å². The molecule has 30 heavy (non-hydrogen) atoms. The first-order valence-corrected chi connectivity index (χ1v) is 9.86. The van der Waals surface area contributed by atoms with E-state index in [2.05, 4.69) is 15.7 Å². The van der Waals surface area contributed by atoms with Gasteiger partial charge in [0.1, 0.15) is 6.54 Å². The minimum absolute atomic E-state index is 0.242. The molecule has 0 aliphatic carbocycles. The summed E-state index contributed by atoms with van der Waals surface area (Å²) in [7, 11) is 0. The van der Waals surface area contributed by atoms with Crippen molar-refractivity contribution in [2.75, 3.05) is 10.6 Å². The number of hydrogen-bond acceptors (Lipinski definition) is 5. The topological polar surface area (TPSA) is 113 Å². The summed E-state index contributed by atoms with van der Waals surface area (Å²) in [5.41, 5.74) is 0.0521. The number of anilines is 2. The molecule has 0 fully saturated rings. The molecule has 0 aliphatic rings. The van der Waals surface area contributed by atoms with Gasteiger partial charge in [0.2, 0.25) is 5.91 Å². The molecule has 3 N–H and O–H groups in total. The summed E-state index contributed by atoms with van der Waals surface area (Å²) in [6, 6.07) is 16.6. The Morgan fingerprint density at radius 1 is 0.900 bits per heavy atom. The van der Waals surface area contributed by atoms with Gasteiger partial charge in [0.25, 0.3) is 17.0 Å². The number of hydrogen-bond donors (Lipinski definition) is 3. The largest absolute Gasteiger partial charge is 0.324 e. The van der Waals surface area contributed by atoms with Gasteiger partial charge in [-0.25, -0.2) is 4.68 Å². The van der Waals surface area contributed by atoms with E-state index >= 15 is 0 Å². The van der Waals surface area contributed by atoms with Crippen LogP contribution in [0.1, 0.15) is 9.67 Å². The number of H-pyrrole nitrogens is 1. The maximum atomic E-state index is 12.5. The molecule has 2 heterocycles. The zero-order chi connectivity index (χ0) is 21.1. The van der Waals surface area contributed by atoms with Gasteiger partial charge < -0.3 is 10.6 Å². The molecule has 0 saturated carbocycles. The second kappa shape index (κ2) is 8.18. The summed E-state index contributed by atoms with van der Waals surface area (Å²) in [6.07, 6.45) is 0. The van der Waals surface area contributed by atoms with Crippen LogP contribution in [-0.2, 0) is 11.3 Å². The van der Waals surface area contributed by atoms with Crippen LogP contribution in [0.2, 0.25) is 0 Å². The first kappa shape index (κ1) is 19.3. The van der Waals surface area contributed by atoms with E-state index in [1.807, 2.05) is 5.38 Å². The molecule has 8 nitrogen and oxygen atoms in total. The summed E-state index contributed by atoms with van der Waals surface area (Å²) < 4.78 is 0.975. The lowest BCUT2D eigenvalue weighted by atomic mass is 10.2. The number of amides is 2. The Labute approximate surface area is 173 Å². The minimum Gasteiger partial charge on any atom is -0.324 e. The average Bonchev–Trinajstić information content (AvgIpc) is 3.27. The van der Waals surface area contributed by atoms with Crippen molar-refractivity contribution in [3.63, 3.8) is 0 Å². The monoisotopic (exact) mass is 420 g/mol. The van der Waals surface area contributed by atoms with Gasteiger partial charge in [0.15, 0.2) is 0 Å². The Kier molecular flexibility index (Phi) is 5.27. The molecule has 2 aromatic heterocycles. The van der Waals surface area contributed by atoms with Crippen LogP contribution in [0, 0.1) is 0 Å². The Morgan fingerprint density at radius 3 is 2.37 bits per heavy atom. The minimum atomic E-state index is -0.496. The number of carbonyl (C=O) groups is 2. The second-order valence-corrected chi connectivity index (χ2v) is 7.39. The molecule has 0 unspecified atom stereocenters. The summed E-state index contributed by atoms with van der Waals surface area (Å²) >= 11 is 1.33. The number of thiophene rings is 1. The molecule has 0 aliphatic heterocycles. The standard InChI is InChI=1S/C21H16N4O4S/c26-18(12-25-21(29)16-8-2-1-7-15(16)19(27)24-25)22-13-5-3-6-14(11-13)23-20(28)17-9-4-10-30-17/h1-11H,12H2,(H,22,26)(H,23,28)(H,24,27). The van der Waals surface area contributed by atoms with Crippen molar-refractivity contribution in [2.24, 2.45) is 0 Å². The first-order chi connectivity index (χ1) is 14.5. The van der Waals surface area contributed by atoms with E-state index in [-0.39, 0.29) is 23.2 Å². The van der Waals surface area contributed by atoms with Gasteiger partial charge in [-0.1, -0.05) is 24.3 Å². The predicted molar refractivity (Wildman–Crippen MR) is 116 cm³/mol. The molecular weight excluding hydrogens is 404 g/mol. The van der Waals surface area contributed by atoms with E-state index < -0.39 is 17.0 Å². The highest BCUT2D eigenvalue weighted by atomic mass is 32.1. The fourth-order valence-corrected chi connectivity index (χ4v) is 3.60. The lowest BCUT2D eigenvalue weighted by Gasteiger charge is -2.10. The van der Waals surface area contributed by atoms with Crippen molar-refractivity contribution in [3.8, 4) is 0 Å². The van der Waals surface area contributed by atoms with E-state index in [9.17, 15) is 19.2 Å². The molecule has 0 bridgehead atoms. The fourth-order valence-electron chi connectivity index (χ4n) is 2.98. The van der Waals surface area contributed by atoms with Crippen LogP contribution in [0.15, 0.2) is 75.6 Å². The third-order valence-corrected chi connectivity index (χ3v) is 5.20. The van der Waals surface area contributed by atoms with Gasteiger partial charge >= 0.3 is 0 Å². The predicted octanol–water partition coefficient (Wildman–Crippen LogP) is 2.64. The van der Waals surface area contributed by atoms with E-state index in [4.69, 9.17) is 0 Å². The molecule has 0 radical (unpaired) electrons. The number of aromatic amines is 1. The highest BCUT2D eigenvalue weighted by Crippen LogP contribution is 2.17. The summed E-state index contributed by atoms with van der Waals surface area (Å²) in [5.74, 6) is -0.737. The van der Waals surface area contributed by atoms with Crippen molar-refractivity contribution in [1.29, 1.82) is 0 Å². The summed E-state index contributed by atoms with van der Waals surface area (Å²) in [5, 5.41) is 10.2. The van der Waals surface area contributed by atoms with Gasteiger partial charge in [-0.3, -0.25) is 24.3 Å². The van der Waals surface area contributed by atoms with Gasteiger partial charge in [0.05, 0.1) is 15.6 Å². The summed E-state index contributed by atoms with van der Waals surface area (Å²) in [6.45, 7) is -0.356. The maximum Gasteiger partial charge on any atom is 0.273 e. The normalized spacial score (nSPS) is 10.7. The second-order valence-electron chi connectivity index (χ2n) is 6.44. The third-order valence-electron chi connectivity index (χ3n) is 4.33. The van der Waals surface area contributed by atoms with Gasteiger partial charge in [-0.05, 0) is 41.8 Å². The molecule has 150 valence electrons. The van der Waals surface area contributed by atoms with E-state index in [0.29, 0.717) is 16.3 Å². The smallest absolute Gasteiger partial charge is 0.273 e. The Bertz CT molecular complexity index is 1360. The van der Waals surface area contributed by atoms with Crippen molar-refractivity contribution in [3.05, 3.63) is 91.6 Å². The molecule has 0 saturated heterocycles. The molecule has 4 aromatic rings. The van der Waals surface area contributed by atoms with Crippen LogP contribution >= 0.6 is 11.3 Å². The lowest BCUT2D eigenvalue weighted by Crippen LogP contribution is -2.34. The van der Waals surface area contributed by atoms with Crippen molar-refractivity contribution in [1.82, 2.24) is 9.78 Å². The van der Waals surface area contributed by atoms with Gasteiger partial charge in [-0.15, -0.1) is 11.3 Å². The molecular formula is C21H16N4O4S. The Balaban J connectivity index is 1.49. The summed E-state index contributed by atoms with van der Waals surface area (Å²) in [4.78, 5) is 49.8. The van der Waals surface area contributed by atoms with Crippen LogP contribution in [0.3, 0.4) is 0 Å².